The van der Waals surface area contributed by atoms with Gasteiger partial charge in [0.15, 0.2) is 0 Å². The summed E-state index contributed by atoms with van der Waals surface area (Å²) in [6.07, 6.45) is 2.05. The number of rotatable bonds is 5. The molecule has 2 aromatic rings. The predicted octanol–water partition coefficient (Wildman–Crippen LogP) is 3.43. The summed E-state index contributed by atoms with van der Waals surface area (Å²) in [5.41, 5.74) is 3.53. The van der Waals surface area contributed by atoms with E-state index in [4.69, 9.17) is 4.74 Å². The number of para-hydroxylation sites is 1. The molecule has 142 valence electrons. The molecule has 1 aliphatic heterocycles. The van der Waals surface area contributed by atoms with E-state index in [0.29, 0.717) is 23.2 Å². The molecule has 0 aliphatic carbocycles. The van der Waals surface area contributed by atoms with Crippen molar-refractivity contribution in [3.05, 3.63) is 48.0 Å². The number of methoxy groups -OCH3 is 1. The normalized spacial score (nSPS) is 15.7. The number of amides is 2. The van der Waals surface area contributed by atoms with Gasteiger partial charge >= 0.3 is 0 Å². The molecule has 1 aliphatic rings. The van der Waals surface area contributed by atoms with Crippen LogP contribution in [0.5, 0.6) is 5.75 Å². The van der Waals surface area contributed by atoms with Crippen molar-refractivity contribution in [1.82, 2.24) is 0 Å². The summed E-state index contributed by atoms with van der Waals surface area (Å²) in [6, 6.07) is 13.7. The van der Waals surface area contributed by atoms with Gasteiger partial charge in [0.25, 0.3) is 0 Å². The Morgan fingerprint density at radius 2 is 1.96 bits per heavy atom. The van der Waals surface area contributed by atoms with Crippen LogP contribution in [0.2, 0.25) is 0 Å². The van der Waals surface area contributed by atoms with Gasteiger partial charge in [-0.2, -0.15) is 0 Å². The number of carbonyl (C=O) groups excluding carboxylic acids is 2. The highest BCUT2D eigenvalue weighted by molar-refractivity contribution is 5.97. The van der Waals surface area contributed by atoms with Gasteiger partial charge in [-0.25, -0.2) is 0 Å². The summed E-state index contributed by atoms with van der Waals surface area (Å²) in [4.78, 5) is 26.2. The van der Waals surface area contributed by atoms with Crippen LogP contribution in [-0.4, -0.2) is 31.5 Å². The molecule has 1 heterocycles. The number of benzene rings is 2. The third-order valence-electron chi connectivity index (χ3n) is 4.77. The van der Waals surface area contributed by atoms with Gasteiger partial charge in [-0.1, -0.05) is 18.2 Å². The maximum absolute atomic E-state index is 12.7. The summed E-state index contributed by atoms with van der Waals surface area (Å²) in [5.74, 6) is 0.248. The molecule has 0 saturated heterocycles. The van der Waals surface area contributed by atoms with Crippen LogP contribution in [0.3, 0.4) is 0 Å². The third kappa shape index (κ3) is 4.39. The largest absolute Gasteiger partial charge is 0.495 e. The van der Waals surface area contributed by atoms with E-state index in [1.54, 1.807) is 25.3 Å². The minimum absolute atomic E-state index is 0.128. The monoisotopic (exact) mass is 367 g/mol. The van der Waals surface area contributed by atoms with Crippen LogP contribution in [0.25, 0.3) is 0 Å². The average molecular weight is 367 g/mol. The SMILES string of the molecule is COc1ccc(NC(C)=O)cc1NC(=O)CN1c2ccccc2CCC1C. The van der Waals surface area contributed by atoms with Gasteiger partial charge in [-0.05, 0) is 49.6 Å². The van der Waals surface area contributed by atoms with Crippen molar-refractivity contribution >= 4 is 28.9 Å². The van der Waals surface area contributed by atoms with Gasteiger partial charge in [0.2, 0.25) is 11.8 Å². The second kappa shape index (κ2) is 8.12. The summed E-state index contributed by atoms with van der Waals surface area (Å²) in [7, 11) is 1.55. The topological polar surface area (TPSA) is 70.7 Å². The number of carbonyl (C=O) groups is 2. The van der Waals surface area contributed by atoms with Gasteiger partial charge < -0.3 is 20.3 Å². The summed E-state index contributed by atoms with van der Waals surface area (Å²) in [6.45, 7) is 3.84. The Bertz CT molecular complexity index is 850. The van der Waals surface area contributed by atoms with Gasteiger partial charge in [-0.3, -0.25) is 9.59 Å². The molecule has 1 unspecified atom stereocenters. The van der Waals surface area contributed by atoms with Crippen molar-refractivity contribution in [1.29, 1.82) is 0 Å². The van der Waals surface area contributed by atoms with Crippen LogP contribution in [0.4, 0.5) is 17.1 Å². The molecule has 0 spiro atoms. The zero-order valence-corrected chi connectivity index (χ0v) is 15.9. The number of hydrogen-bond acceptors (Lipinski definition) is 4. The number of aryl methyl sites for hydroxylation is 1. The molecular weight excluding hydrogens is 342 g/mol. The first-order valence-corrected chi connectivity index (χ1v) is 9.08. The zero-order chi connectivity index (χ0) is 19.4. The maximum Gasteiger partial charge on any atom is 0.244 e. The quantitative estimate of drug-likeness (QED) is 0.849. The lowest BCUT2D eigenvalue weighted by atomic mass is 9.96. The van der Waals surface area contributed by atoms with Crippen LogP contribution >= 0.6 is 0 Å². The molecular formula is C21H25N3O3. The van der Waals surface area contributed by atoms with Gasteiger partial charge in [0, 0.05) is 24.3 Å². The van der Waals surface area contributed by atoms with Crippen molar-refractivity contribution in [2.75, 3.05) is 29.2 Å². The number of anilines is 3. The van der Waals surface area contributed by atoms with E-state index in [0.717, 1.165) is 18.5 Å². The van der Waals surface area contributed by atoms with Gasteiger partial charge in [0.1, 0.15) is 5.75 Å². The van der Waals surface area contributed by atoms with Crippen LogP contribution < -0.4 is 20.3 Å². The molecule has 3 rings (SSSR count). The molecule has 6 heteroatoms. The average Bonchev–Trinajstić information content (AvgIpc) is 2.64. The van der Waals surface area contributed by atoms with E-state index in [-0.39, 0.29) is 18.4 Å². The summed E-state index contributed by atoms with van der Waals surface area (Å²) >= 11 is 0. The number of ether oxygens (including phenoxy) is 1. The fourth-order valence-corrected chi connectivity index (χ4v) is 3.43. The Morgan fingerprint density at radius 3 is 2.70 bits per heavy atom. The molecule has 2 N–H and O–H groups in total. The van der Waals surface area contributed by atoms with E-state index in [1.807, 2.05) is 12.1 Å². The van der Waals surface area contributed by atoms with E-state index in [2.05, 4.69) is 34.6 Å². The molecule has 2 aromatic carbocycles. The predicted molar refractivity (Wildman–Crippen MR) is 107 cm³/mol. The first kappa shape index (κ1) is 18.8. The third-order valence-corrected chi connectivity index (χ3v) is 4.77. The lowest BCUT2D eigenvalue weighted by Gasteiger charge is -2.36. The van der Waals surface area contributed by atoms with Crippen molar-refractivity contribution in [3.8, 4) is 5.75 Å². The molecule has 6 nitrogen and oxygen atoms in total. The minimum atomic E-state index is -0.170. The van der Waals surface area contributed by atoms with Crippen molar-refractivity contribution in [3.63, 3.8) is 0 Å². The van der Waals surface area contributed by atoms with Crippen LogP contribution in [-0.2, 0) is 16.0 Å². The van der Waals surface area contributed by atoms with Crippen LogP contribution in [0.15, 0.2) is 42.5 Å². The lowest BCUT2D eigenvalue weighted by molar-refractivity contribution is -0.115. The molecule has 0 radical (unpaired) electrons. The van der Waals surface area contributed by atoms with Gasteiger partial charge in [-0.15, -0.1) is 0 Å². The van der Waals surface area contributed by atoms with Gasteiger partial charge in [0.05, 0.1) is 19.3 Å². The number of nitrogens with one attached hydrogen (secondary N) is 2. The molecule has 0 bridgehead atoms. The van der Waals surface area contributed by atoms with Crippen molar-refractivity contribution in [2.24, 2.45) is 0 Å². The number of hydrogen-bond donors (Lipinski definition) is 2. The van der Waals surface area contributed by atoms with Crippen molar-refractivity contribution < 1.29 is 14.3 Å². The van der Waals surface area contributed by atoms with Crippen molar-refractivity contribution in [2.45, 2.75) is 32.7 Å². The second-order valence-corrected chi connectivity index (χ2v) is 6.79. The standard InChI is InChI=1S/C21H25N3O3/c1-14-8-9-16-6-4-5-7-19(16)24(14)13-21(26)23-18-12-17(22-15(2)25)10-11-20(18)27-3/h4-7,10-12,14H,8-9,13H2,1-3H3,(H,22,25)(H,23,26). The molecule has 27 heavy (non-hydrogen) atoms. The summed E-state index contributed by atoms with van der Waals surface area (Å²) < 4.78 is 5.33. The first-order valence-electron chi connectivity index (χ1n) is 9.08. The highest BCUT2D eigenvalue weighted by atomic mass is 16.5. The Kier molecular flexibility index (Phi) is 5.64. The van der Waals surface area contributed by atoms with Crippen LogP contribution in [0.1, 0.15) is 25.8 Å². The minimum Gasteiger partial charge on any atom is -0.495 e. The molecule has 0 saturated carbocycles. The Hall–Kier alpha value is -3.02. The lowest BCUT2D eigenvalue weighted by Crippen LogP contribution is -2.42. The summed E-state index contributed by atoms with van der Waals surface area (Å²) in [5, 5.41) is 5.63. The number of fused-ring (bicyclic) bond motifs is 1. The maximum atomic E-state index is 12.7. The molecule has 0 fully saturated rings. The highest BCUT2D eigenvalue weighted by Crippen LogP contribution is 2.31. The molecule has 0 aromatic heterocycles. The first-order chi connectivity index (χ1) is 13.0. The van der Waals surface area contributed by atoms with E-state index >= 15 is 0 Å². The van der Waals surface area contributed by atoms with Crippen LogP contribution in [0, 0.1) is 0 Å². The number of nitrogens with zero attached hydrogens (tertiary/aromatic N) is 1. The van der Waals surface area contributed by atoms with E-state index < -0.39 is 0 Å². The zero-order valence-electron chi connectivity index (χ0n) is 15.9. The molecule has 1 atom stereocenters. The fourth-order valence-electron chi connectivity index (χ4n) is 3.43. The smallest absolute Gasteiger partial charge is 0.244 e. The molecule has 2 amide bonds. The van der Waals surface area contributed by atoms with E-state index in [9.17, 15) is 9.59 Å². The highest BCUT2D eigenvalue weighted by Gasteiger charge is 2.24. The van der Waals surface area contributed by atoms with E-state index in [1.165, 1.54) is 12.5 Å². The second-order valence-electron chi connectivity index (χ2n) is 6.79. The fraction of sp³-hybridized carbons (Fsp3) is 0.333. The Labute approximate surface area is 159 Å². The Morgan fingerprint density at radius 1 is 1.19 bits per heavy atom. The Balaban J connectivity index is 1.77.